The van der Waals surface area contributed by atoms with Crippen LogP contribution in [0.1, 0.15) is 6.42 Å². The van der Waals surface area contributed by atoms with Crippen LogP contribution >= 0.6 is 23.1 Å². The number of nitrogens with zero attached hydrogens (tertiary/aromatic N) is 2. The minimum Gasteiger partial charge on any atom is -0.486 e. The zero-order chi connectivity index (χ0) is 19.8. The van der Waals surface area contributed by atoms with Crippen LogP contribution in [-0.2, 0) is 9.59 Å². The van der Waals surface area contributed by atoms with Crippen molar-refractivity contribution in [2.24, 2.45) is 0 Å². The Kier molecular flexibility index (Phi) is 4.76. The summed E-state index contributed by atoms with van der Waals surface area (Å²) in [6.45, 7) is 1.38. The number of carbonyl (C=O) groups is 2. The predicted molar refractivity (Wildman–Crippen MR) is 113 cm³/mol. The normalized spacial score (nSPS) is 15.3. The second-order valence-corrected chi connectivity index (χ2v) is 8.63. The van der Waals surface area contributed by atoms with E-state index in [0.29, 0.717) is 42.1 Å². The van der Waals surface area contributed by atoms with Gasteiger partial charge in [-0.25, -0.2) is 4.98 Å². The van der Waals surface area contributed by atoms with Gasteiger partial charge in [0.2, 0.25) is 11.8 Å². The van der Waals surface area contributed by atoms with Gasteiger partial charge in [-0.3, -0.25) is 9.59 Å². The van der Waals surface area contributed by atoms with Crippen LogP contribution in [0, 0.1) is 0 Å². The van der Waals surface area contributed by atoms with E-state index in [1.54, 1.807) is 4.90 Å². The van der Waals surface area contributed by atoms with Crippen molar-refractivity contribution in [1.82, 2.24) is 4.98 Å². The van der Waals surface area contributed by atoms with Crippen LogP contribution in [0.5, 0.6) is 11.5 Å². The Balaban J connectivity index is 1.27. The molecule has 3 aromatic rings. The summed E-state index contributed by atoms with van der Waals surface area (Å²) in [5.41, 5.74) is 1.62. The fraction of sp³-hybridized carbons (Fsp3) is 0.250. The first kappa shape index (κ1) is 18.3. The molecule has 5 rings (SSSR count). The van der Waals surface area contributed by atoms with Crippen molar-refractivity contribution in [3.63, 3.8) is 0 Å². The van der Waals surface area contributed by atoms with Crippen molar-refractivity contribution in [2.45, 2.75) is 11.3 Å². The minimum atomic E-state index is -0.176. The van der Waals surface area contributed by atoms with Crippen molar-refractivity contribution in [1.29, 1.82) is 0 Å². The van der Waals surface area contributed by atoms with Gasteiger partial charge in [-0.2, -0.15) is 0 Å². The molecule has 0 bridgehead atoms. The Labute approximate surface area is 175 Å². The highest BCUT2D eigenvalue weighted by molar-refractivity contribution is 8.00. The average molecular weight is 428 g/mol. The number of hydrogen-bond acceptors (Lipinski definition) is 7. The van der Waals surface area contributed by atoms with Crippen molar-refractivity contribution in [3.05, 3.63) is 36.4 Å². The lowest BCUT2D eigenvalue weighted by Crippen LogP contribution is -2.37. The number of para-hydroxylation sites is 1. The second-order valence-electron chi connectivity index (χ2n) is 6.58. The lowest BCUT2D eigenvalue weighted by Gasteiger charge is -2.28. The average Bonchev–Trinajstić information content (AvgIpc) is 3.12. The standard InChI is InChI=1S/C20H17N3O4S2/c24-18(5-6-23-13-3-1-2-4-16(13)28-11-19(23)25)22-20-21-12-9-14-15(10-17(12)29-20)27-8-7-26-14/h1-4,9-10H,5-8,11H2,(H,21,22,24). The van der Waals surface area contributed by atoms with E-state index < -0.39 is 0 Å². The van der Waals surface area contributed by atoms with Gasteiger partial charge in [0.25, 0.3) is 0 Å². The molecular formula is C20H17N3O4S2. The highest BCUT2D eigenvalue weighted by atomic mass is 32.2. The first-order valence-corrected chi connectivity index (χ1v) is 11.0. The molecule has 1 aromatic heterocycles. The molecule has 0 unspecified atom stereocenters. The maximum absolute atomic E-state index is 12.5. The van der Waals surface area contributed by atoms with Crippen molar-refractivity contribution in [3.8, 4) is 11.5 Å². The molecule has 2 aliphatic rings. The first-order valence-electron chi connectivity index (χ1n) is 9.19. The Bertz CT molecular complexity index is 1070. The van der Waals surface area contributed by atoms with Gasteiger partial charge in [-0.15, -0.1) is 11.8 Å². The summed E-state index contributed by atoms with van der Waals surface area (Å²) in [6.07, 6.45) is 0.198. The van der Waals surface area contributed by atoms with Crippen LogP contribution in [0.4, 0.5) is 10.8 Å². The number of fused-ring (bicyclic) bond motifs is 3. The molecule has 0 aliphatic carbocycles. The Hall–Kier alpha value is -2.78. The molecule has 0 saturated carbocycles. The Morgan fingerprint density at radius 3 is 2.83 bits per heavy atom. The van der Waals surface area contributed by atoms with E-state index in [4.69, 9.17) is 9.47 Å². The molecule has 0 radical (unpaired) electrons. The number of amides is 2. The van der Waals surface area contributed by atoms with E-state index in [-0.39, 0.29) is 18.2 Å². The summed E-state index contributed by atoms with van der Waals surface area (Å²) < 4.78 is 12.1. The van der Waals surface area contributed by atoms with Crippen LogP contribution in [0.3, 0.4) is 0 Å². The number of aromatic nitrogens is 1. The fourth-order valence-electron chi connectivity index (χ4n) is 3.31. The van der Waals surface area contributed by atoms with Crippen LogP contribution in [0.15, 0.2) is 41.3 Å². The van der Waals surface area contributed by atoms with E-state index in [1.807, 2.05) is 36.4 Å². The van der Waals surface area contributed by atoms with Gasteiger partial charge in [0.05, 0.1) is 21.7 Å². The minimum absolute atomic E-state index is 0.0204. The topological polar surface area (TPSA) is 80.8 Å². The maximum Gasteiger partial charge on any atom is 0.237 e. The summed E-state index contributed by atoms with van der Waals surface area (Å²) in [6, 6.07) is 11.5. The SMILES string of the molecule is O=C(CCN1C(=O)CSc2ccccc21)Nc1nc2cc3c(cc2s1)OCCO3. The number of anilines is 2. The third-order valence-corrected chi connectivity index (χ3v) is 6.65. The third kappa shape index (κ3) is 3.63. The summed E-state index contributed by atoms with van der Waals surface area (Å²) in [5.74, 6) is 1.61. The quantitative estimate of drug-likeness (QED) is 0.686. The molecular weight excluding hydrogens is 410 g/mol. The molecule has 9 heteroatoms. The number of ether oxygens (including phenoxy) is 2. The number of benzene rings is 2. The number of nitrogens with one attached hydrogen (secondary N) is 1. The molecule has 2 amide bonds. The van der Waals surface area contributed by atoms with Gasteiger partial charge in [-0.1, -0.05) is 23.5 Å². The van der Waals surface area contributed by atoms with Crippen molar-refractivity contribution >= 4 is 55.9 Å². The smallest absolute Gasteiger partial charge is 0.237 e. The Morgan fingerprint density at radius 1 is 1.17 bits per heavy atom. The van der Waals surface area contributed by atoms with Gasteiger partial charge >= 0.3 is 0 Å². The first-order chi connectivity index (χ1) is 14.2. The molecule has 1 N–H and O–H groups in total. The molecule has 3 heterocycles. The maximum atomic E-state index is 12.5. The van der Waals surface area contributed by atoms with Crippen molar-refractivity contribution < 1.29 is 19.1 Å². The monoisotopic (exact) mass is 427 g/mol. The van der Waals surface area contributed by atoms with Crippen LogP contribution in [0.25, 0.3) is 10.2 Å². The molecule has 148 valence electrons. The summed E-state index contributed by atoms with van der Waals surface area (Å²) in [4.78, 5) is 32.0. The number of carbonyl (C=O) groups excluding carboxylic acids is 2. The summed E-state index contributed by atoms with van der Waals surface area (Å²) >= 11 is 2.92. The van der Waals surface area contributed by atoms with Crippen LogP contribution < -0.4 is 19.7 Å². The molecule has 2 aliphatic heterocycles. The summed E-state index contributed by atoms with van der Waals surface area (Å²) in [5, 5.41) is 3.37. The number of thiazole rings is 1. The second kappa shape index (κ2) is 7.57. The molecule has 0 saturated heterocycles. The molecule has 0 atom stereocenters. The van der Waals surface area contributed by atoms with E-state index in [0.717, 1.165) is 20.8 Å². The lowest BCUT2D eigenvalue weighted by molar-refractivity contribution is -0.117. The van der Waals surface area contributed by atoms with Gasteiger partial charge in [0, 0.05) is 30.0 Å². The fourth-order valence-corrected chi connectivity index (χ4v) is 5.14. The highest BCUT2D eigenvalue weighted by Crippen LogP contribution is 2.38. The van der Waals surface area contributed by atoms with Gasteiger partial charge < -0.3 is 19.7 Å². The third-order valence-electron chi connectivity index (χ3n) is 4.67. The van der Waals surface area contributed by atoms with E-state index in [9.17, 15) is 9.59 Å². The van der Waals surface area contributed by atoms with E-state index in [2.05, 4.69) is 10.3 Å². The predicted octanol–water partition coefficient (Wildman–Crippen LogP) is 3.54. The molecule has 0 spiro atoms. The number of thioether (sulfide) groups is 1. The summed E-state index contributed by atoms with van der Waals surface area (Å²) in [7, 11) is 0. The van der Waals surface area contributed by atoms with E-state index in [1.165, 1.54) is 23.1 Å². The van der Waals surface area contributed by atoms with Crippen LogP contribution in [0.2, 0.25) is 0 Å². The lowest BCUT2D eigenvalue weighted by atomic mass is 10.2. The van der Waals surface area contributed by atoms with Gasteiger partial charge in [-0.05, 0) is 12.1 Å². The number of hydrogen-bond donors (Lipinski definition) is 1. The van der Waals surface area contributed by atoms with Crippen LogP contribution in [-0.4, -0.2) is 42.3 Å². The molecule has 0 fully saturated rings. The van der Waals surface area contributed by atoms with E-state index >= 15 is 0 Å². The Morgan fingerprint density at radius 2 is 1.97 bits per heavy atom. The molecule has 2 aromatic carbocycles. The highest BCUT2D eigenvalue weighted by Gasteiger charge is 2.25. The zero-order valence-electron chi connectivity index (χ0n) is 15.3. The van der Waals surface area contributed by atoms with Crippen molar-refractivity contribution in [2.75, 3.05) is 35.7 Å². The largest absolute Gasteiger partial charge is 0.486 e. The number of rotatable bonds is 4. The van der Waals surface area contributed by atoms with Gasteiger partial charge in [0.15, 0.2) is 16.6 Å². The molecule has 7 nitrogen and oxygen atoms in total. The molecule has 29 heavy (non-hydrogen) atoms. The zero-order valence-corrected chi connectivity index (χ0v) is 17.0. The van der Waals surface area contributed by atoms with Gasteiger partial charge in [0.1, 0.15) is 13.2 Å².